The van der Waals surface area contributed by atoms with Gasteiger partial charge in [-0.2, -0.15) is 0 Å². The number of benzene rings is 1. The Hall–Kier alpha value is -0.580. The van der Waals surface area contributed by atoms with E-state index >= 15 is 0 Å². The normalized spacial score (nSPS) is 23.1. The Morgan fingerprint density at radius 3 is 2.79 bits per heavy atom. The topological polar surface area (TPSA) is 35.5 Å². The van der Waals surface area contributed by atoms with Crippen molar-refractivity contribution < 1.29 is 5.11 Å². The first kappa shape index (κ1) is 13.4. The van der Waals surface area contributed by atoms with Crippen LogP contribution in [0.3, 0.4) is 0 Å². The first-order valence-corrected chi connectivity index (χ1v) is 7.93. The number of nitrogens with one attached hydrogen (secondary N) is 1. The van der Waals surface area contributed by atoms with E-state index in [1.54, 1.807) is 0 Å². The molecule has 19 heavy (non-hydrogen) atoms. The molecule has 1 aliphatic heterocycles. The minimum atomic E-state index is 0.303. The molecule has 1 atom stereocenters. The van der Waals surface area contributed by atoms with E-state index < -0.39 is 0 Å². The van der Waals surface area contributed by atoms with Crippen LogP contribution >= 0.6 is 15.9 Å². The predicted octanol–water partition coefficient (Wildman–Crippen LogP) is 2.52. The van der Waals surface area contributed by atoms with Gasteiger partial charge in [-0.25, -0.2) is 0 Å². The monoisotopic (exact) mass is 324 g/mol. The summed E-state index contributed by atoms with van der Waals surface area (Å²) >= 11 is 3.69. The third-order valence-corrected chi connectivity index (χ3v) is 4.70. The van der Waals surface area contributed by atoms with Gasteiger partial charge in [-0.05, 0) is 52.9 Å². The lowest BCUT2D eigenvalue weighted by Gasteiger charge is -2.20. The molecule has 4 heteroatoms. The van der Waals surface area contributed by atoms with Gasteiger partial charge in [-0.3, -0.25) is 0 Å². The molecule has 2 N–H and O–H groups in total. The highest BCUT2D eigenvalue weighted by molar-refractivity contribution is 9.10. The van der Waals surface area contributed by atoms with Crippen molar-refractivity contribution in [2.75, 3.05) is 24.6 Å². The van der Waals surface area contributed by atoms with Crippen LogP contribution in [0.2, 0.25) is 0 Å². The van der Waals surface area contributed by atoms with Crippen LogP contribution in [0.4, 0.5) is 5.69 Å². The number of anilines is 1. The summed E-state index contributed by atoms with van der Waals surface area (Å²) in [4.78, 5) is 2.36. The molecule has 1 aromatic rings. The predicted molar refractivity (Wildman–Crippen MR) is 81.4 cm³/mol. The molecular weight excluding hydrogens is 304 g/mol. The molecule has 0 spiro atoms. The molecule has 3 rings (SSSR count). The van der Waals surface area contributed by atoms with Crippen molar-refractivity contribution in [1.29, 1.82) is 0 Å². The molecule has 1 saturated heterocycles. The van der Waals surface area contributed by atoms with E-state index in [0.29, 0.717) is 12.5 Å². The van der Waals surface area contributed by atoms with E-state index in [1.807, 2.05) is 0 Å². The Bertz CT molecular complexity index is 448. The van der Waals surface area contributed by atoms with Crippen molar-refractivity contribution in [1.82, 2.24) is 5.32 Å². The molecule has 0 bridgehead atoms. The van der Waals surface area contributed by atoms with Crippen molar-refractivity contribution >= 4 is 21.6 Å². The fourth-order valence-electron chi connectivity index (χ4n) is 2.67. The van der Waals surface area contributed by atoms with E-state index in [2.05, 4.69) is 44.3 Å². The molecule has 104 valence electrons. The number of aliphatic hydroxyl groups excluding tert-OH is 1. The van der Waals surface area contributed by atoms with E-state index in [-0.39, 0.29) is 0 Å². The van der Waals surface area contributed by atoms with Gasteiger partial charge < -0.3 is 15.3 Å². The van der Waals surface area contributed by atoms with Crippen molar-refractivity contribution in [2.24, 2.45) is 5.92 Å². The fourth-order valence-corrected chi connectivity index (χ4v) is 3.34. The summed E-state index contributed by atoms with van der Waals surface area (Å²) < 4.78 is 1.17. The molecule has 1 aliphatic carbocycles. The zero-order valence-electron chi connectivity index (χ0n) is 11.1. The molecule has 0 aromatic heterocycles. The van der Waals surface area contributed by atoms with Crippen molar-refractivity contribution in [2.45, 2.75) is 31.8 Å². The molecule has 1 aromatic carbocycles. The quantitative estimate of drug-likeness (QED) is 0.873. The molecule has 0 amide bonds. The summed E-state index contributed by atoms with van der Waals surface area (Å²) in [5.74, 6) is 0.433. The highest BCUT2D eigenvalue weighted by Gasteiger charge is 2.23. The molecule has 1 saturated carbocycles. The van der Waals surface area contributed by atoms with Crippen LogP contribution < -0.4 is 10.2 Å². The number of nitrogens with zero attached hydrogens (tertiary/aromatic N) is 1. The maximum atomic E-state index is 9.23. The van der Waals surface area contributed by atoms with Crippen LogP contribution in [0.15, 0.2) is 22.7 Å². The Balaban J connectivity index is 1.65. The summed E-state index contributed by atoms with van der Waals surface area (Å²) in [6, 6.07) is 7.38. The Kier molecular flexibility index (Phi) is 4.10. The lowest BCUT2D eigenvalue weighted by Crippen LogP contribution is -2.21. The lowest BCUT2D eigenvalue weighted by atomic mass is 10.1. The smallest absolute Gasteiger partial charge is 0.0510 e. The standard InChI is InChI=1S/C15H21BrN2O/c16-14-7-11(8-17-13-2-3-13)1-4-15(14)18-6-5-12(9-18)10-19/h1,4,7,12-13,17,19H,2-3,5-6,8-10H2. The fraction of sp³-hybridized carbons (Fsp3) is 0.600. The molecule has 1 heterocycles. The van der Waals surface area contributed by atoms with Gasteiger partial charge in [0, 0.05) is 42.7 Å². The summed E-state index contributed by atoms with van der Waals surface area (Å²) in [5, 5.41) is 12.8. The van der Waals surface area contributed by atoms with Crippen LogP contribution in [0, 0.1) is 5.92 Å². The van der Waals surface area contributed by atoms with Crippen LogP contribution in [-0.2, 0) is 6.54 Å². The summed E-state index contributed by atoms with van der Waals surface area (Å²) in [5.41, 5.74) is 2.59. The van der Waals surface area contributed by atoms with Gasteiger partial charge in [0.25, 0.3) is 0 Å². The maximum absolute atomic E-state index is 9.23. The SMILES string of the molecule is OCC1CCN(c2ccc(CNC3CC3)cc2Br)C1. The van der Waals surface area contributed by atoms with Gasteiger partial charge in [-0.15, -0.1) is 0 Å². The van der Waals surface area contributed by atoms with Gasteiger partial charge in [0.05, 0.1) is 5.69 Å². The third-order valence-electron chi connectivity index (χ3n) is 4.07. The average Bonchev–Trinajstić information content (AvgIpc) is 3.13. The van der Waals surface area contributed by atoms with E-state index in [1.165, 1.54) is 28.6 Å². The van der Waals surface area contributed by atoms with Gasteiger partial charge in [-0.1, -0.05) is 6.07 Å². The number of aliphatic hydroxyl groups is 1. The lowest BCUT2D eigenvalue weighted by molar-refractivity contribution is 0.238. The molecule has 0 radical (unpaired) electrons. The number of rotatable bonds is 5. The van der Waals surface area contributed by atoms with Crippen LogP contribution in [0.25, 0.3) is 0 Å². The van der Waals surface area contributed by atoms with Crippen LogP contribution in [0.5, 0.6) is 0 Å². The number of hydrogen-bond donors (Lipinski definition) is 2. The second-order valence-electron chi connectivity index (χ2n) is 5.72. The van der Waals surface area contributed by atoms with Gasteiger partial charge in [0.15, 0.2) is 0 Å². The molecule has 1 unspecified atom stereocenters. The second kappa shape index (κ2) is 5.81. The van der Waals surface area contributed by atoms with E-state index in [9.17, 15) is 5.11 Å². The zero-order valence-corrected chi connectivity index (χ0v) is 12.7. The van der Waals surface area contributed by atoms with Crippen LogP contribution in [-0.4, -0.2) is 30.8 Å². The second-order valence-corrected chi connectivity index (χ2v) is 6.58. The van der Waals surface area contributed by atoms with Crippen molar-refractivity contribution in [3.63, 3.8) is 0 Å². The van der Waals surface area contributed by atoms with Crippen LogP contribution in [0.1, 0.15) is 24.8 Å². The average molecular weight is 325 g/mol. The third kappa shape index (κ3) is 3.30. The largest absolute Gasteiger partial charge is 0.396 e. The summed E-state index contributed by atoms with van der Waals surface area (Å²) in [7, 11) is 0. The Morgan fingerprint density at radius 2 is 2.16 bits per heavy atom. The van der Waals surface area contributed by atoms with E-state index in [4.69, 9.17) is 0 Å². The minimum Gasteiger partial charge on any atom is -0.396 e. The number of hydrogen-bond acceptors (Lipinski definition) is 3. The minimum absolute atomic E-state index is 0.303. The Morgan fingerprint density at radius 1 is 1.32 bits per heavy atom. The van der Waals surface area contributed by atoms with Gasteiger partial charge >= 0.3 is 0 Å². The zero-order chi connectivity index (χ0) is 13.2. The molecule has 2 aliphatic rings. The molecule has 2 fully saturated rings. The van der Waals surface area contributed by atoms with Gasteiger partial charge in [0.1, 0.15) is 0 Å². The van der Waals surface area contributed by atoms with E-state index in [0.717, 1.165) is 32.1 Å². The first-order valence-electron chi connectivity index (χ1n) is 7.14. The molecular formula is C15H21BrN2O. The first-order chi connectivity index (χ1) is 9.26. The molecule has 3 nitrogen and oxygen atoms in total. The maximum Gasteiger partial charge on any atom is 0.0510 e. The summed E-state index contributed by atoms with van der Waals surface area (Å²) in [6.07, 6.45) is 3.75. The highest BCUT2D eigenvalue weighted by Crippen LogP contribution is 2.31. The van der Waals surface area contributed by atoms with Crippen molar-refractivity contribution in [3.8, 4) is 0 Å². The Labute approximate surface area is 123 Å². The number of halogens is 1. The summed E-state index contributed by atoms with van der Waals surface area (Å²) in [6.45, 7) is 3.28. The van der Waals surface area contributed by atoms with Gasteiger partial charge in [0.2, 0.25) is 0 Å². The van der Waals surface area contributed by atoms with Crippen molar-refractivity contribution in [3.05, 3.63) is 28.2 Å². The highest BCUT2D eigenvalue weighted by atomic mass is 79.9.